The van der Waals surface area contributed by atoms with Crippen LogP contribution in [0, 0.1) is 11.6 Å². The van der Waals surface area contributed by atoms with Gasteiger partial charge in [-0.1, -0.05) is 0 Å². The zero-order valence-electron chi connectivity index (χ0n) is 10.8. The summed E-state index contributed by atoms with van der Waals surface area (Å²) in [4.78, 5) is 6.62. The SMILES string of the molecule is Oc1c(-c2csc(N3CCCCC3)n2)ccc(F)c1F. The van der Waals surface area contributed by atoms with E-state index in [1.54, 1.807) is 5.38 Å². The van der Waals surface area contributed by atoms with Gasteiger partial charge < -0.3 is 10.0 Å². The van der Waals surface area contributed by atoms with Crippen LogP contribution in [0.1, 0.15) is 19.3 Å². The van der Waals surface area contributed by atoms with Gasteiger partial charge >= 0.3 is 0 Å². The Kier molecular flexibility index (Phi) is 3.56. The first-order chi connectivity index (χ1) is 9.66. The number of halogens is 2. The van der Waals surface area contributed by atoms with Crippen LogP contribution in [0.2, 0.25) is 0 Å². The maximum Gasteiger partial charge on any atom is 0.201 e. The Bertz CT molecular complexity index is 624. The van der Waals surface area contributed by atoms with Crippen molar-refractivity contribution in [2.75, 3.05) is 18.0 Å². The average Bonchev–Trinajstić information content (AvgIpc) is 2.95. The minimum atomic E-state index is -1.23. The van der Waals surface area contributed by atoms with E-state index in [1.165, 1.54) is 23.8 Å². The predicted octanol–water partition coefficient (Wildman–Crippen LogP) is 3.78. The maximum absolute atomic E-state index is 13.4. The maximum atomic E-state index is 13.4. The van der Waals surface area contributed by atoms with Gasteiger partial charge in [0.05, 0.1) is 5.69 Å². The standard InChI is InChI=1S/C14H14F2N2OS/c15-10-5-4-9(13(19)12(10)16)11-8-20-14(17-11)18-6-2-1-3-7-18/h4-5,8,19H,1-3,6-7H2. The molecule has 1 aromatic heterocycles. The summed E-state index contributed by atoms with van der Waals surface area (Å²) in [6.07, 6.45) is 3.52. The Morgan fingerprint density at radius 2 is 1.90 bits per heavy atom. The quantitative estimate of drug-likeness (QED) is 0.916. The molecule has 3 rings (SSSR count). The number of rotatable bonds is 2. The molecule has 6 heteroatoms. The van der Waals surface area contributed by atoms with Gasteiger partial charge in [-0.15, -0.1) is 11.3 Å². The monoisotopic (exact) mass is 296 g/mol. The molecular formula is C14H14F2N2OS. The summed E-state index contributed by atoms with van der Waals surface area (Å²) in [7, 11) is 0. The molecule has 2 heterocycles. The Morgan fingerprint density at radius 1 is 1.15 bits per heavy atom. The molecule has 1 aromatic carbocycles. The molecule has 0 amide bonds. The molecule has 3 nitrogen and oxygen atoms in total. The second-order valence-electron chi connectivity index (χ2n) is 4.82. The molecule has 0 aliphatic carbocycles. The number of benzene rings is 1. The highest BCUT2D eigenvalue weighted by atomic mass is 32.1. The minimum absolute atomic E-state index is 0.225. The van der Waals surface area contributed by atoms with E-state index >= 15 is 0 Å². The summed E-state index contributed by atoms with van der Waals surface area (Å²) in [6.45, 7) is 1.94. The third-order valence-electron chi connectivity index (χ3n) is 3.46. The molecule has 2 aromatic rings. The van der Waals surface area contributed by atoms with Crippen molar-refractivity contribution in [3.8, 4) is 17.0 Å². The van der Waals surface area contributed by atoms with Gasteiger partial charge in [-0.2, -0.15) is 4.39 Å². The Hall–Kier alpha value is -1.69. The van der Waals surface area contributed by atoms with E-state index in [2.05, 4.69) is 9.88 Å². The van der Waals surface area contributed by atoms with Crippen molar-refractivity contribution in [1.82, 2.24) is 4.98 Å². The molecule has 0 unspecified atom stereocenters. The first kappa shape index (κ1) is 13.3. The van der Waals surface area contributed by atoms with Crippen LogP contribution in [0.5, 0.6) is 5.75 Å². The molecule has 1 aliphatic rings. The molecule has 1 aliphatic heterocycles. The van der Waals surface area contributed by atoms with Gasteiger partial charge in [0.15, 0.2) is 16.7 Å². The zero-order chi connectivity index (χ0) is 14.1. The fourth-order valence-electron chi connectivity index (χ4n) is 2.37. The lowest BCUT2D eigenvalue weighted by Gasteiger charge is -2.25. The van der Waals surface area contributed by atoms with Crippen LogP contribution < -0.4 is 4.90 Å². The average molecular weight is 296 g/mol. The first-order valence-corrected chi connectivity index (χ1v) is 7.42. The van der Waals surface area contributed by atoms with E-state index in [0.29, 0.717) is 5.69 Å². The van der Waals surface area contributed by atoms with Gasteiger partial charge in [0, 0.05) is 24.0 Å². The number of piperidine rings is 1. The first-order valence-electron chi connectivity index (χ1n) is 6.54. The van der Waals surface area contributed by atoms with Crippen molar-refractivity contribution in [2.24, 2.45) is 0 Å². The van der Waals surface area contributed by atoms with Gasteiger partial charge in [0.1, 0.15) is 0 Å². The molecule has 1 N–H and O–H groups in total. The lowest BCUT2D eigenvalue weighted by molar-refractivity contribution is 0.409. The van der Waals surface area contributed by atoms with Gasteiger partial charge in [0.2, 0.25) is 5.82 Å². The fraction of sp³-hybridized carbons (Fsp3) is 0.357. The molecule has 20 heavy (non-hydrogen) atoms. The van der Waals surface area contributed by atoms with Crippen LogP contribution in [-0.4, -0.2) is 23.2 Å². The highest BCUT2D eigenvalue weighted by Crippen LogP contribution is 2.35. The van der Waals surface area contributed by atoms with Crippen molar-refractivity contribution in [2.45, 2.75) is 19.3 Å². The molecule has 1 saturated heterocycles. The number of anilines is 1. The van der Waals surface area contributed by atoms with Crippen LogP contribution in [0.3, 0.4) is 0 Å². The molecular weight excluding hydrogens is 282 g/mol. The summed E-state index contributed by atoms with van der Waals surface area (Å²) in [5.41, 5.74) is 0.704. The summed E-state index contributed by atoms with van der Waals surface area (Å²) in [6, 6.07) is 2.35. The largest absolute Gasteiger partial charge is 0.504 e. The van der Waals surface area contributed by atoms with E-state index in [1.807, 2.05) is 0 Å². The molecule has 0 bridgehead atoms. The van der Waals surface area contributed by atoms with E-state index in [-0.39, 0.29) is 5.56 Å². The van der Waals surface area contributed by atoms with Gasteiger partial charge in [-0.05, 0) is 31.4 Å². The molecule has 0 atom stereocenters. The van der Waals surface area contributed by atoms with E-state index in [4.69, 9.17) is 0 Å². The summed E-state index contributed by atoms with van der Waals surface area (Å²) in [5, 5.41) is 12.3. The van der Waals surface area contributed by atoms with Crippen molar-refractivity contribution in [3.63, 3.8) is 0 Å². The number of hydrogen-bond acceptors (Lipinski definition) is 4. The predicted molar refractivity (Wildman–Crippen MR) is 75.2 cm³/mol. The number of aromatic hydroxyl groups is 1. The summed E-state index contributed by atoms with van der Waals surface area (Å²) >= 11 is 1.46. The highest BCUT2D eigenvalue weighted by molar-refractivity contribution is 7.14. The van der Waals surface area contributed by atoms with E-state index in [9.17, 15) is 13.9 Å². The fourth-order valence-corrected chi connectivity index (χ4v) is 3.24. The van der Waals surface area contributed by atoms with Crippen molar-refractivity contribution in [1.29, 1.82) is 0 Å². The van der Waals surface area contributed by atoms with Gasteiger partial charge in [-0.25, -0.2) is 9.37 Å². The number of nitrogens with zero attached hydrogens (tertiary/aromatic N) is 2. The molecule has 1 fully saturated rings. The van der Waals surface area contributed by atoms with Crippen molar-refractivity contribution < 1.29 is 13.9 Å². The topological polar surface area (TPSA) is 36.4 Å². The number of thiazole rings is 1. The van der Waals surface area contributed by atoms with Crippen LogP contribution in [-0.2, 0) is 0 Å². The Labute approximate surface area is 119 Å². The zero-order valence-corrected chi connectivity index (χ0v) is 11.6. The third kappa shape index (κ3) is 2.35. The smallest absolute Gasteiger partial charge is 0.201 e. The Balaban J connectivity index is 1.92. The van der Waals surface area contributed by atoms with Gasteiger partial charge in [-0.3, -0.25) is 0 Å². The van der Waals surface area contributed by atoms with Crippen molar-refractivity contribution >= 4 is 16.5 Å². The lowest BCUT2D eigenvalue weighted by atomic mass is 10.1. The number of hydrogen-bond donors (Lipinski definition) is 1. The highest BCUT2D eigenvalue weighted by Gasteiger charge is 2.18. The minimum Gasteiger partial charge on any atom is -0.504 e. The second kappa shape index (κ2) is 5.36. The normalized spacial score (nSPS) is 15.6. The second-order valence-corrected chi connectivity index (χ2v) is 5.66. The number of phenols is 1. The molecule has 0 radical (unpaired) electrons. The van der Waals surface area contributed by atoms with Crippen LogP contribution in [0.25, 0.3) is 11.3 Å². The van der Waals surface area contributed by atoms with E-state index in [0.717, 1.165) is 37.1 Å². The van der Waals surface area contributed by atoms with Gasteiger partial charge in [0.25, 0.3) is 0 Å². The molecule has 0 saturated carbocycles. The van der Waals surface area contributed by atoms with Crippen molar-refractivity contribution in [3.05, 3.63) is 29.1 Å². The van der Waals surface area contributed by atoms with Crippen LogP contribution in [0.4, 0.5) is 13.9 Å². The number of phenolic OH excluding ortho intramolecular Hbond substituents is 1. The summed E-state index contributed by atoms with van der Waals surface area (Å²) in [5.74, 6) is -2.96. The third-order valence-corrected chi connectivity index (χ3v) is 4.37. The number of aromatic nitrogens is 1. The Morgan fingerprint density at radius 3 is 2.65 bits per heavy atom. The molecule has 0 spiro atoms. The lowest BCUT2D eigenvalue weighted by Crippen LogP contribution is -2.29. The molecule has 106 valence electrons. The summed E-state index contributed by atoms with van der Waals surface area (Å²) < 4.78 is 26.4. The van der Waals surface area contributed by atoms with Crippen LogP contribution in [0.15, 0.2) is 17.5 Å². The van der Waals surface area contributed by atoms with Crippen LogP contribution >= 0.6 is 11.3 Å². The van der Waals surface area contributed by atoms with E-state index < -0.39 is 17.4 Å².